The molecule has 7 heteroatoms. The number of benzene rings is 1. The van der Waals surface area contributed by atoms with Gasteiger partial charge in [0.05, 0.1) is 18.1 Å². The summed E-state index contributed by atoms with van der Waals surface area (Å²) in [6, 6.07) is 7.89. The molecule has 6 nitrogen and oxygen atoms in total. The van der Waals surface area contributed by atoms with E-state index in [0.717, 1.165) is 0 Å². The number of pyridine rings is 1. The highest BCUT2D eigenvalue weighted by atomic mass is 19.1. The average molecular weight is 313 g/mol. The Kier molecular flexibility index (Phi) is 3.76. The lowest BCUT2D eigenvalue weighted by Crippen LogP contribution is -2.00. The van der Waals surface area contributed by atoms with Crippen molar-refractivity contribution in [3.63, 3.8) is 0 Å². The number of carboxylic acids is 1. The van der Waals surface area contributed by atoms with E-state index >= 15 is 0 Å². The van der Waals surface area contributed by atoms with E-state index in [1.165, 1.54) is 24.5 Å². The van der Waals surface area contributed by atoms with Crippen LogP contribution in [0.25, 0.3) is 11.3 Å². The van der Waals surface area contributed by atoms with Gasteiger partial charge in [-0.1, -0.05) is 12.1 Å². The Balaban J connectivity index is 1.79. The molecular formula is C16H12FN3O3. The van der Waals surface area contributed by atoms with E-state index < -0.39 is 5.97 Å². The monoisotopic (exact) mass is 313 g/mol. The molecule has 0 saturated carbocycles. The molecule has 0 saturated heterocycles. The van der Waals surface area contributed by atoms with E-state index in [9.17, 15) is 9.18 Å². The molecule has 0 spiro atoms. The minimum atomic E-state index is -1.10. The summed E-state index contributed by atoms with van der Waals surface area (Å²) in [7, 11) is 0. The highest BCUT2D eigenvalue weighted by Crippen LogP contribution is 2.25. The van der Waals surface area contributed by atoms with Crippen molar-refractivity contribution in [1.29, 1.82) is 0 Å². The first-order chi connectivity index (χ1) is 11.0. The molecule has 0 unspecified atom stereocenters. The summed E-state index contributed by atoms with van der Waals surface area (Å²) in [4.78, 5) is 18.6. The topological polar surface area (TPSA) is 88.2 Å². The molecule has 0 aliphatic carbocycles. The number of hydrogen-bond donors (Lipinski definition) is 2. The molecule has 0 radical (unpaired) electrons. The quantitative estimate of drug-likeness (QED) is 0.764. The van der Waals surface area contributed by atoms with Crippen LogP contribution >= 0.6 is 0 Å². The Hall–Kier alpha value is -3.22. The zero-order valence-corrected chi connectivity index (χ0v) is 12.1. The second-order valence-electron chi connectivity index (χ2n) is 4.86. The van der Waals surface area contributed by atoms with Gasteiger partial charge >= 0.3 is 5.97 Å². The lowest BCUT2D eigenvalue weighted by Gasteiger charge is -2.02. The number of hydrogen-bond acceptors (Lipinski definition) is 5. The fourth-order valence-electron chi connectivity index (χ4n) is 1.93. The predicted molar refractivity (Wildman–Crippen MR) is 81.1 cm³/mol. The average Bonchev–Trinajstić information content (AvgIpc) is 2.99. The van der Waals surface area contributed by atoms with Gasteiger partial charge in [0.15, 0.2) is 5.76 Å². The first-order valence-corrected chi connectivity index (χ1v) is 6.71. The Morgan fingerprint density at radius 3 is 2.70 bits per heavy atom. The van der Waals surface area contributed by atoms with Gasteiger partial charge in [0.2, 0.25) is 0 Å². The number of aromatic carboxylic acids is 1. The molecule has 116 valence electrons. The van der Waals surface area contributed by atoms with Crippen molar-refractivity contribution in [3.8, 4) is 11.3 Å². The van der Waals surface area contributed by atoms with Crippen LogP contribution in [0.15, 0.2) is 47.1 Å². The van der Waals surface area contributed by atoms with Crippen LogP contribution in [0.1, 0.15) is 16.1 Å². The van der Waals surface area contributed by atoms with E-state index in [-0.39, 0.29) is 17.5 Å². The van der Waals surface area contributed by atoms with E-state index in [1.807, 2.05) is 0 Å². The highest BCUT2D eigenvalue weighted by molar-refractivity contribution is 5.85. The predicted octanol–water partition coefficient (Wildman–Crippen LogP) is 3.63. The molecule has 0 aliphatic rings. The SMILES string of the molecule is Cc1ccc(-c2cnc(Nc3ccc(C(=O)O)nc3)o2)cc1F. The molecule has 0 bridgehead atoms. The van der Waals surface area contributed by atoms with Crippen LogP contribution in [0.3, 0.4) is 0 Å². The van der Waals surface area contributed by atoms with Gasteiger partial charge in [0, 0.05) is 5.56 Å². The molecule has 23 heavy (non-hydrogen) atoms. The van der Waals surface area contributed by atoms with Gasteiger partial charge in [-0.2, -0.15) is 0 Å². The summed E-state index contributed by atoms with van der Waals surface area (Å²) in [5.41, 5.74) is 1.60. The lowest BCUT2D eigenvalue weighted by molar-refractivity contribution is 0.0690. The number of anilines is 2. The standard InChI is InChI=1S/C16H12FN3O3/c1-9-2-3-10(6-12(9)17)14-8-19-16(23-14)20-11-4-5-13(15(21)22)18-7-11/h2-8H,1H3,(H,19,20)(H,21,22). The number of nitrogens with zero attached hydrogens (tertiary/aromatic N) is 2. The maximum atomic E-state index is 13.6. The zero-order valence-electron chi connectivity index (χ0n) is 12.1. The summed E-state index contributed by atoms with van der Waals surface area (Å²) >= 11 is 0. The van der Waals surface area contributed by atoms with E-state index in [4.69, 9.17) is 9.52 Å². The number of carbonyl (C=O) groups is 1. The third-order valence-corrected chi connectivity index (χ3v) is 3.20. The Morgan fingerprint density at radius 1 is 1.22 bits per heavy atom. The number of oxazole rings is 1. The smallest absolute Gasteiger partial charge is 0.354 e. The van der Waals surface area contributed by atoms with E-state index in [0.29, 0.717) is 22.6 Å². The van der Waals surface area contributed by atoms with Crippen LogP contribution in [0, 0.1) is 12.7 Å². The maximum absolute atomic E-state index is 13.6. The van der Waals surface area contributed by atoms with Gasteiger partial charge in [-0.3, -0.25) is 0 Å². The molecule has 2 heterocycles. The number of halogens is 1. The van der Waals surface area contributed by atoms with Crippen molar-refractivity contribution in [2.75, 3.05) is 5.32 Å². The van der Waals surface area contributed by atoms with Gasteiger partial charge in [0.1, 0.15) is 11.5 Å². The Labute approximate surface area is 130 Å². The summed E-state index contributed by atoms with van der Waals surface area (Å²) in [6.07, 6.45) is 2.84. The molecule has 0 aliphatic heterocycles. The number of carboxylic acid groups (broad SMARTS) is 1. The third-order valence-electron chi connectivity index (χ3n) is 3.20. The lowest BCUT2D eigenvalue weighted by atomic mass is 10.1. The Morgan fingerprint density at radius 2 is 2.04 bits per heavy atom. The summed E-state index contributed by atoms with van der Waals surface area (Å²) < 4.78 is 19.1. The van der Waals surface area contributed by atoms with E-state index in [1.54, 1.807) is 25.1 Å². The van der Waals surface area contributed by atoms with Crippen LogP contribution in [-0.2, 0) is 0 Å². The second-order valence-corrected chi connectivity index (χ2v) is 4.86. The van der Waals surface area contributed by atoms with Crippen LogP contribution in [0.5, 0.6) is 0 Å². The van der Waals surface area contributed by atoms with Gasteiger partial charge in [-0.15, -0.1) is 0 Å². The summed E-state index contributed by atoms with van der Waals surface area (Å²) in [5, 5.41) is 11.7. The van der Waals surface area contributed by atoms with Crippen molar-refractivity contribution in [3.05, 3.63) is 59.8 Å². The largest absolute Gasteiger partial charge is 0.477 e. The Bertz CT molecular complexity index is 859. The fraction of sp³-hybridized carbons (Fsp3) is 0.0625. The van der Waals surface area contributed by atoms with Gasteiger partial charge in [-0.05, 0) is 30.7 Å². The van der Waals surface area contributed by atoms with Crippen molar-refractivity contribution in [2.24, 2.45) is 0 Å². The number of aromatic nitrogens is 2. The van der Waals surface area contributed by atoms with Crippen LogP contribution in [0.2, 0.25) is 0 Å². The molecule has 2 N–H and O–H groups in total. The van der Waals surface area contributed by atoms with Gasteiger partial charge in [-0.25, -0.2) is 19.2 Å². The van der Waals surface area contributed by atoms with E-state index in [2.05, 4.69) is 15.3 Å². The minimum absolute atomic E-state index is 0.0567. The van der Waals surface area contributed by atoms with Crippen molar-refractivity contribution in [2.45, 2.75) is 6.92 Å². The number of rotatable bonds is 4. The summed E-state index contributed by atoms with van der Waals surface area (Å²) in [5.74, 6) is -1.00. The maximum Gasteiger partial charge on any atom is 0.354 e. The molecule has 3 rings (SSSR count). The number of aryl methyl sites for hydroxylation is 1. The molecule has 0 amide bonds. The van der Waals surface area contributed by atoms with Gasteiger partial charge < -0.3 is 14.8 Å². The zero-order chi connectivity index (χ0) is 16.4. The second kappa shape index (κ2) is 5.88. The molecule has 0 fully saturated rings. The van der Waals surface area contributed by atoms with Crippen molar-refractivity contribution in [1.82, 2.24) is 9.97 Å². The van der Waals surface area contributed by atoms with Crippen LogP contribution in [0.4, 0.5) is 16.1 Å². The van der Waals surface area contributed by atoms with Crippen molar-refractivity contribution >= 4 is 17.7 Å². The van der Waals surface area contributed by atoms with Crippen LogP contribution in [-0.4, -0.2) is 21.0 Å². The minimum Gasteiger partial charge on any atom is -0.477 e. The highest BCUT2D eigenvalue weighted by Gasteiger charge is 2.09. The first-order valence-electron chi connectivity index (χ1n) is 6.71. The third kappa shape index (κ3) is 3.18. The fourth-order valence-corrected chi connectivity index (χ4v) is 1.93. The first kappa shape index (κ1) is 14.7. The van der Waals surface area contributed by atoms with Crippen molar-refractivity contribution < 1.29 is 18.7 Å². The molecular weight excluding hydrogens is 301 g/mol. The normalized spacial score (nSPS) is 10.5. The summed E-state index contributed by atoms with van der Waals surface area (Å²) in [6.45, 7) is 1.68. The molecule has 1 aromatic carbocycles. The number of nitrogens with one attached hydrogen (secondary N) is 1. The molecule has 3 aromatic rings. The molecule has 2 aromatic heterocycles. The van der Waals surface area contributed by atoms with Crippen LogP contribution < -0.4 is 5.32 Å². The van der Waals surface area contributed by atoms with Gasteiger partial charge in [0.25, 0.3) is 6.01 Å². The molecule has 0 atom stereocenters.